The van der Waals surface area contributed by atoms with Gasteiger partial charge in [0.15, 0.2) is 0 Å². The van der Waals surface area contributed by atoms with Crippen LogP contribution in [0.4, 0.5) is 0 Å². The molecule has 1 aliphatic carbocycles. The molecule has 0 saturated heterocycles. The molecule has 188 valence electrons. The average Bonchev–Trinajstić information content (AvgIpc) is 3.51. The molecule has 1 aliphatic rings. The van der Waals surface area contributed by atoms with E-state index >= 15 is 0 Å². The van der Waals surface area contributed by atoms with Crippen molar-refractivity contribution in [3.05, 3.63) is 106 Å². The van der Waals surface area contributed by atoms with Gasteiger partial charge >= 0.3 is 0 Å². The van der Waals surface area contributed by atoms with Crippen LogP contribution in [0, 0.1) is 6.92 Å². The number of benzene rings is 3. The third-order valence-corrected chi connectivity index (χ3v) is 7.05. The summed E-state index contributed by atoms with van der Waals surface area (Å²) in [6.07, 6.45) is 7.28. The van der Waals surface area contributed by atoms with Gasteiger partial charge < -0.3 is 15.0 Å². The van der Waals surface area contributed by atoms with Crippen LogP contribution in [0.1, 0.15) is 50.6 Å². The number of hydrogen-bond acceptors (Lipinski definition) is 4. The minimum absolute atomic E-state index is 0.0721. The van der Waals surface area contributed by atoms with E-state index < -0.39 is 5.91 Å². The van der Waals surface area contributed by atoms with E-state index in [1.165, 1.54) is 29.3 Å². The molecule has 1 unspecified atom stereocenters. The zero-order valence-corrected chi connectivity index (χ0v) is 20.6. The van der Waals surface area contributed by atoms with Crippen molar-refractivity contribution in [1.82, 2.24) is 15.4 Å². The van der Waals surface area contributed by atoms with Crippen LogP contribution >= 0.6 is 0 Å². The Morgan fingerprint density at radius 3 is 2.70 bits per heavy atom. The van der Waals surface area contributed by atoms with Gasteiger partial charge in [0.25, 0.3) is 11.8 Å². The van der Waals surface area contributed by atoms with Crippen molar-refractivity contribution in [3.8, 4) is 5.75 Å². The molecule has 4 N–H and O–H groups in total. The highest BCUT2D eigenvalue weighted by atomic mass is 16.5. The van der Waals surface area contributed by atoms with E-state index in [9.17, 15) is 14.7 Å². The van der Waals surface area contributed by atoms with E-state index in [-0.39, 0.29) is 17.7 Å². The lowest BCUT2D eigenvalue weighted by molar-refractivity contribution is -0.124. The van der Waals surface area contributed by atoms with E-state index in [1.807, 2.05) is 29.3 Å². The lowest BCUT2D eigenvalue weighted by Crippen LogP contribution is -2.35. The number of nitrogens with one attached hydrogen (secondary N) is 2. The zero-order chi connectivity index (χ0) is 25.9. The Labute approximate surface area is 215 Å². The maximum absolute atomic E-state index is 13.8. The van der Waals surface area contributed by atoms with Crippen molar-refractivity contribution in [2.75, 3.05) is 6.54 Å². The smallest absolute Gasteiger partial charge is 0.267 e. The topological polar surface area (TPSA) is 106 Å². The number of rotatable bonds is 7. The molecule has 5 rings (SSSR count). The van der Waals surface area contributed by atoms with Crippen molar-refractivity contribution in [2.45, 2.75) is 32.2 Å². The highest BCUT2D eigenvalue weighted by Crippen LogP contribution is 2.37. The van der Waals surface area contributed by atoms with Crippen LogP contribution in [0.3, 0.4) is 0 Å². The molecule has 0 fully saturated rings. The molecule has 0 spiro atoms. The first-order chi connectivity index (χ1) is 17.9. The Morgan fingerprint density at radius 1 is 1.11 bits per heavy atom. The summed E-state index contributed by atoms with van der Waals surface area (Å²) in [6.45, 7) is 2.61. The molecular weight excluding hydrogens is 466 g/mol. The summed E-state index contributed by atoms with van der Waals surface area (Å²) in [6, 6.07) is 18.6. The second kappa shape index (κ2) is 10.3. The molecule has 0 aliphatic heterocycles. The van der Waals surface area contributed by atoms with E-state index in [0.29, 0.717) is 18.5 Å². The Kier molecular flexibility index (Phi) is 6.79. The fourth-order valence-electron chi connectivity index (χ4n) is 5.17. The van der Waals surface area contributed by atoms with Crippen LogP contribution in [0.15, 0.2) is 72.9 Å². The number of hydrogen-bond donors (Lipinski definition) is 4. The Morgan fingerprint density at radius 2 is 1.92 bits per heavy atom. The van der Waals surface area contributed by atoms with Crippen molar-refractivity contribution < 1.29 is 19.9 Å². The summed E-state index contributed by atoms with van der Waals surface area (Å²) < 4.78 is 0. The minimum Gasteiger partial charge on any atom is -0.508 e. The van der Waals surface area contributed by atoms with Gasteiger partial charge in [-0.2, -0.15) is 0 Å². The number of fused-ring (bicyclic) bond motifs is 2. The first kappa shape index (κ1) is 24.3. The Hall–Kier alpha value is -4.36. The molecular formula is C30H29N3O4. The fraction of sp³-hybridized carbons (Fsp3) is 0.200. The molecule has 4 aromatic rings. The molecule has 0 radical (unpaired) electrons. The quantitative estimate of drug-likeness (QED) is 0.163. The highest BCUT2D eigenvalue weighted by molar-refractivity contribution is 5.95. The first-order valence-electron chi connectivity index (χ1n) is 12.3. The van der Waals surface area contributed by atoms with Gasteiger partial charge in [0.1, 0.15) is 5.75 Å². The maximum atomic E-state index is 13.8. The third-order valence-electron chi connectivity index (χ3n) is 7.05. The number of carbonyl (C=O) groups excluding carboxylic acids is 2. The maximum Gasteiger partial charge on any atom is 0.267 e. The molecule has 2 amide bonds. The summed E-state index contributed by atoms with van der Waals surface area (Å²) >= 11 is 0. The SMILES string of the molecule is Cc1ccc2c(CCN(C(=O)c3ccc(O)cc3)C3CCc4cc(/C=C/C(=O)NO)ccc43)c[nH]c2c1. The number of hydroxylamine groups is 1. The second-order valence-electron chi connectivity index (χ2n) is 9.48. The van der Waals surface area contributed by atoms with Crippen molar-refractivity contribution in [3.63, 3.8) is 0 Å². The minimum atomic E-state index is -0.587. The van der Waals surface area contributed by atoms with Crippen LogP contribution in [0.5, 0.6) is 5.75 Å². The highest BCUT2D eigenvalue weighted by Gasteiger charge is 2.31. The van der Waals surface area contributed by atoms with E-state index in [4.69, 9.17) is 5.21 Å². The lowest BCUT2D eigenvalue weighted by Gasteiger charge is -2.30. The third kappa shape index (κ3) is 5.13. The number of nitrogens with zero attached hydrogens (tertiary/aromatic N) is 1. The van der Waals surface area contributed by atoms with E-state index in [2.05, 4.69) is 30.1 Å². The van der Waals surface area contributed by atoms with Gasteiger partial charge in [-0.25, -0.2) is 5.48 Å². The number of aromatic nitrogens is 1. The van der Waals surface area contributed by atoms with Crippen molar-refractivity contribution >= 4 is 28.8 Å². The monoisotopic (exact) mass is 495 g/mol. The predicted molar refractivity (Wildman–Crippen MR) is 142 cm³/mol. The summed E-state index contributed by atoms with van der Waals surface area (Å²) in [5, 5.41) is 19.6. The standard InChI is InChI=1S/C30H29N3O4/c1-19-2-10-25-23(18-31-27(25)16-19)14-15-33(30(36)21-5-8-24(34)9-6-21)28-12-7-22-17-20(3-11-26(22)28)4-13-29(35)32-37/h2-6,8-11,13,16-18,28,31,34,37H,7,12,14-15H2,1H3,(H,32,35)/b13-4+. The molecule has 3 aromatic carbocycles. The number of phenols is 1. The van der Waals surface area contributed by atoms with Crippen molar-refractivity contribution in [2.24, 2.45) is 0 Å². The molecule has 7 nitrogen and oxygen atoms in total. The predicted octanol–water partition coefficient (Wildman–Crippen LogP) is 5.07. The van der Waals surface area contributed by atoms with Crippen LogP contribution in [0.25, 0.3) is 17.0 Å². The van der Waals surface area contributed by atoms with Gasteiger partial charge in [-0.15, -0.1) is 0 Å². The summed E-state index contributed by atoms with van der Waals surface area (Å²) in [7, 11) is 0. The molecule has 1 heterocycles. The molecule has 7 heteroatoms. The molecule has 37 heavy (non-hydrogen) atoms. The van der Waals surface area contributed by atoms with Crippen molar-refractivity contribution in [1.29, 1.82) is 0 Å². The van der Waals surface area contributed by atoms with Gasteiger partial charge in [-0.3, -0.25) is 14.8 Å². The zero-order valence-electron chi connectivity index (χ0n) is 20.6. The Bertz CT molecular complexity index is 1490. The average molecular weight is 496 g/mol. The number of aromatic amines is 1. The van der Waals surface area contributed by atoms with Gasteiger partial charge in [0, 0.05) is 35.3 Å². The lowest BCUT2D eigenvalue weighted by atomic mass is 10.0. The number of aryl methyl sites for hydroxylation is 2. The van der Waals surface area contributed by atoms with Gasteiger partial charge in [-0.1, -0.05) is 30.3 Å². The Balaban J connectivity index is 1.44. The van der Waals surface area contributed by atoms with Gasteiger partial charge in [-0.05, 0) is 90.4 Å². The van der Waals surface area contributed by atoms with Crippen LogP contribution in [-0.4, -0.2) is 38.6 Å². The second-order valence-corrected chi connectivity index (χ2v) is 9.48. The summed E-state index contributed by atoms with van der Waals surface area (Å²) in [5.74, 6) is -0.535. The first-order valence-corrected chi connectivity index (χ1v) is 12.3. The molecule has 0 bridgehead atoms. The van der Waals surface area contributed by atoms with Crippen LogP contribution < -0.4 is 5.48 Å². The summed E-state index contributed by atoms with van der Waals surface area (Å²) in [5.41, 5.74) is 8.68. The van der Waals surface area contributed by atoms with Crippen LogP contribution in [-0.2, 0) is 17.6 Å². The van der Waals surface area contributed by atoms with E-state index in [1.54, 1.807) is 23.7 Å². The molecule has 0 saturated carbocycles. The number of phenolic OH excluding ortho intramolecular Hbond substituents is 1. The van der Waals surface area contributed by atoms with Gasteiger partial charge in [0.05, 0.1) is 6.04 Å². The van der Waals surface area contributed by atoms with E-state index in [0.717, 1.165) is 40.4 Å². The molecule has 1 aromatic heterocycles. The van der Waals surface area contributed by atoms with Crippen LogP contribution in [0.2, 0.25) is 0 Å². The molecule has 1 atom stereocenters. The summed E-state index contributed by atoms with van der Waals surface area (Å²) in [4.78, 5) is 30.4. The van der Waals surface area contributed by atoms with Gasteiger partial charge in [0.2, 0.25) is 0 Å². The number of aromatic hydroxyl groups is 1. The largest absolute Gasteiger partial charge is 0.508 e. The number of carbonyl (C=O) groups is 2. The number of H-pyrrole nitrogens is 1. The fourth-order valence-corrected chi connectivity index (χ4v) is 5.17. The number of amides is 2. The normalized spacial score (nSPS) is 14.7.